The fourth-order valence-electron chi connectivity index (χ4n) is 4.74. The molecular formula is C25H26IN2O3P. The number of fused-ring (bicyclic) bond motifs is 1. The molecule has 0 bridgehead atoms. The van der Waals surface area contributed by atoms with Crippen molar-refractivity contribution in [1.29, 1.82) is 0 Å². The summed E-state index contributed by atoms with van der Waals surface area (Å²) in [6, 6.07) is 24.3. The molecule has 2 aliphatic rings. The van der Waals surface area contributed by atoms with Gasteiger partial charge in [0.15, 0.2) is 0 Å². The van der Waals surface area contributed by atoms with Gasteiger partial charge in [-0.3, -0.25) is 4.57 Å². The van der Waals surface area contributed by atoms with E-state index >= 15 is 4.57 Å². The first kappa shape index (κ1) is 21.8. The van der Waals surface area contributed by atoms with Gasteiger partial charge in [0.05, 0.1) is 7.11 Å². The van der Waals surface area contributed by atoms with Crippen LogP contribution in [0.15, 0.2) is 72.8 Å². The highest BCUT2D eigenvalue weighted by Crippen LogP contribution is 2.64. The van der Waals surface area contributed by atoms with Crippen molar-refractivity contribution >= 4 is 41.0 Å². The van der Waals surface area contributed by atoms with Crippen molar-refractivity contribution in [3.05, 3.63) is 81.9 Å². The van der Waals surface area contributed by atoms with E-state index in [0.29, 0.717) is 23.4 Å². The lowest BCUT2D eigenvalue weighted by molar-refractivity contribution is 0.306. The molecular weight excluding hydrogens is 534 g/mol. The smallest absolute Gasteiger partial charge is 0.276 e. The highest BCUT2D eigenvalue weighted by Gasteiger charge is 2.54. The maximum absolute atomic E-state index is 15.1. The van der Waals surface area contributed by atoms with Gasteiger partial charge in [0.1, 0.15) is 23.4 Å². The second-order valence-corrected chi connectivity index (χ2v) is 11.9. The van der Waals surface area contributed by atoms with Crippen LogP contribution in [0.25, 0.3) is 0 Å². The van der Waals surface area contributed by atoms with E-state index in [9.17, 15) is 0 Å². The summed E-state index contributed by atoms with van der Waals surface area (Å²) in [5, 5.41) is 0.668. The Bertz CT molecular complexity index is 1140. The van der Waals surface area contributed by atoms with E-state index < -0.39 is 7.44 Å². The van der Waals surface area contributed by atoms with E-state index in [2.05, 4.69) is 56.2 Å². The van der Waals surface area contributed by atoms with Crippen molar-refractivity contribution in [3.63, 3.8) is 0 Å². The Labute approximate surface area is 202 Å². The highest BCUT2D eigenvalue weighted by molar-refractivity contribution is 14.1. The van der Waals surface area contributed by atoms with E-state index in [-0.39, 0.29) is 6.04 Å². The van der Waals surface area contributed by atoms with Crippen molar-refractivity contribution in [2.24, 2.45) is 0 Å². The summed E-state index contributed by atoms with van der Waals surface area (Å²) in [7, 11) is -1.53. The molecule has 2 atom stereocenters. The van der Waals surface area contributed by atoms with Gasteiger partial charge in [-0.15, -0.1) is 0 Å². The number of para-hydroxylation sites is 1. The Morgan fingerprint density at radius 2 is 1.75 bits per heavy atom. The van der Waals surface area contributed by atoms with Gasteiger partial charge in [-0.05, 0) is 77.4 Å². The summed E-state index contributed by atoms with van der Waals surface area (Å²) < 4.78 is 32.6. The second kappa shape index (κ2) is 9.08. The molecule has 5 nitrogen and oxygen atoms in total. The standard InChI is InChI=1S/C25H26IN2O3P/c1-30-23-10-5-11-24(31-18-19-12-14-20(26)15-13-19)25(23)32(29)27-16-6-9-22(27)17-28(32)21-7-3-2-4-8-21/h2-5,7-8,10-15,22H,6,9,16-18H2,1H3/t22-,32?/m1/s1. The van der Waals surface area contributed by atoms with Gasteiger partial charge < -0.3 is 14.1 Å². The first-order valence-electron chi connectivity index (χ1n) is 10.9. The lowest BCUT2D eigenvalue weighted by Crippen LogP contribution is -2.29. The zero-order valence-electron chi connectivity index (χ0n) is 18.0. The van der Waals surface area contributed by atoms with E-state index in [1.807, 2.05) is 48.5 Å². The number of anilines is 1. The number of halogens is 1. The summed E-state index contributed by atoms with van der Waals surface area (Å²) in [6.45, 7) is 1.97. The lowest BCUT2D eigenvalue weighted by Gasteiger charge is -2.33. The number of rotatable bonds is 6. The summed E-state index contributed by atoms with van der Waals surface area (Å²) >= 11 is 2.30. The van der Waals surface area contributed by atoms with Gasteiger partial charge in [0.2, 0.25) is 0 Å². The normalized spacial score (nSPS) is 22.7. The maximum atomic E-state index is 15.1. The summed E-state index contributed by atoms with van der Waals surface area (Å²) in [5.41, 5.74) is 2.04. The van der Waals surface area contributed by atoms with Gasteiger partial charge in [-0.1, -0.05) is 36.4 Å². The van der Waals surface area contributed by atoms with E-state index in [1.54, 1.807) is 7.11 Å². The third kappa shape index (κ3) is 3.82. The molecule has 3 aromatic rings. The van der Waals surface area contributed by atoms with Crippen molar-refractivity contribution in [2.45, 2.75) is 25.5 Å². The van der Waals surface area contributed by atoms with Crippen LogP contribution in [0.5, 0.6) is 11.5 Å². The van der Waals surface area contributed by atoms with Gasteiger partial charge in [-0.2, -0.15) is 0 Å². The Morgan fingerprint density at radius 1 is 1.00 bits per heavy atom. The molecule has 0 aromatic heterocycles. The molecule has 0 saturated carbocycles. The van der Waals surface area contributed by atoms with Crippen LogP contribution in [0, 0.1) is 3.57 Å². The van der Waals surface area contributed by atoms with Gasteiger partial charge >= 0.3 is 0 Å². The SMILES string of the molecule is COc1cccc(OCc2ccc(I)cc2)c1P1(=O)N(c2ccccc2)C[C@H]2CCCN21. The van der Waals surface area contributed by atoms with Crippen LogP contribution < -0.4 is 19.4 Å². The Kier molecular flexibility index (Phi) is 6.19. The van der Waals surface area contributed by atoms with E-state index in [4.69, 9.17) is 9.47 Å². The Hall–Kier alpha value is -2.02. The zero-order valence-corrected chi connectivity index (χ0v) is 21.0. The number of nitrogens with zero attached hydrogens (tertiary/aromatic N) is 2. The fourth-order valence-corrected chi connectivity index (χ4v) is 8.65. The molecule has 2 aliphatic heterocycles. The molecule has 0 radical (unpaired) electrons. The zero-order chi connectivity index (χ0) is 22.1. The van der Waals surface area contributed by atoms with Crippen LogP contribution >= 0.6 is 30.0 Å². The van der Waals surface area contributed by atoms with E-state index in [0.717, 1.165) is 37.2 Å². The first-order chi connectivity index (χ1) is 15.6. The summed E-state index contributed by atoms with van der Waals surface area (Å²) in [5.74, 6) is 1.24. The van der Waals surface area contributed by atoms with Crippen molar-refractivity contribution in [3.8, 4) is 11.5 Å². The molecule has 0 spiro atoms. The third-order valence-corrected chi connectivity index (χ3v) is 10.3. The number of hydrogen-bond donors (Lipinski definition) is 0. The Morgan fingerprint density at radius 3 is 2.50 bits per heavy atom. The van der Waals surface area contributed by atoms with Crippen LogP contribution in [0.3, 0.4) is 0 Å². The topological polar surface area (TPSA) is 42.0 Å². The minimum Gasteiger partial charge on any atom is -0.496 e. The molecule has 2 saturated heterocycles. The molecule has 2 fully saturated rings. The van der Waals surface area contributed by atoms with Gasteiger partial charge in [0.25, 0.3) is 7.44 Å². The minimum atomic E-state index is -3.16. The molecule has 0 amide bonds. The largest absolute Gasteiger partial charge is 0.496 e. The first-order valence-corrected chi connectivity index (χ1v) is 13.6. The summed E-state index contributed by atoms with van der Waals surface area (Å²) in [4.78, 5) is 0. The van der Waals surface area contributed by atoms with Crippen LogP contribution in [0.2, 0.25) is 0 Å². The van der Waals surface area contributed by atoms with Crippen molar-refractivity contribution in [1.82, 2.24) is 4.67 Å². The van der Waals surface area contributed by atoms with Crippen LogP contribution in [-0.4, -0.2) is 30.9 Å². The van der Waals surface area contributed by atoms with Gasteiger partial charge in [-0.25, -0.2) is 4.67 Å². The van der Waals surface area contributed by atoms with Crippen LogP contribution in [0.4, 0.5) is 5.69 Å². The van der Waals surface area contributed by atoms with E-state index in [1.165, 1.54) is 3.57 Å². The molecule has 5 rings (SSSR count). The number of ether oxygens (including phenoxy) is 2. The average Bonchev–Trinajstić information content (AvgIpc) is 3.41. The maximum Gasteiger partial charge on any atom is 0.276 e. The molecule has 0 N–H and O–H groups in total. The van der Waals surface area contributed by atoms with Gasteiger partial charge in [0, 0.05) is 28.4 Å². The Balaban J connectivity index is 1.59. The second-order valence-electron chi connectivity index (χ2n) is 8.14. The molecule has 7 heteroatoms. The minimum absolute atomic E-state index is 0.273. The number of benzene rings is 3. The van der Waals surface area contributed by atoms with Crippen molar-refractivity contribution < 1.29 is 14.0 Å². The quantitative estimate of drug-likeness (QED) is 0.287. The number of methoxy groups -OCH3 is 1. The fraction of sp³-hybridized carbons (Fsp3) is 0.280. The monoisotopic (exact) mass is 560 g/mol. The molecule has 0 aliphatic carbocycles. The van der Waals surface area contributed by atoms with Crippen LogP contribution in [0.1, 0.15) is 18.4 Å². The predicted octanol–water partition coefficient (Wildman–Crippen LogP) is 5.68. The summed E-state index contributed by atoms with van der Waals surface area (Å²) in [6.07, 6.45) is 2.12. The third-order valence-electron chi connectivity index (χ3n) is 6.24. The molecule has 32 heavy (non-hydrogen) atoms. The van der Waals surface area contributed by atoms with Crippen LogP contribution in [-0.2, 0) is 11.2 Å². The predicted molar refractivity (Wildman–Crippen MR) is 137 cm³/mol. The molecule has 1 unspecified atom stereocenters. The highest BCUT2D eigenvalue weighted by atomic mass is 127. The van der Waals surface area contributed by atoms with Crippen molar-refractivity contribution in [2.75, 3.05) is 24.9 Å². The molecule has 3 aromatic carbocycles. The molecule has 166 valence electrons. The number of hydrogen-bond acceptors (Lipinski definition) is 3. The lowest BCUT2D eigenvalue weighted by atomic mass is 10.2. The average molecular weight is 560 g/mol. The molecule has 2 heterocycles.